The average Bonchev–Trinajstić information content (AvgIpc) is 2.45. The molecular formula is C13H27NO. The van der Waals surface area contributed by atoms with Crippen molar-refractivity contribution in [3.05, 3.63) is 0 Å². The van der Waals surface area contributed by atoms with Crippen LogP contribution in [0.15, 0.2) is 0 Å². The van der Waals surface area contributed by atoms with E-state index in [0.717, 1.165) is 13.0 Å². The molecule has 2 atom stereocenters. The highest BCUT2D eigenvalue weighted by Crippen LogP contribution is 2.27. The van der Waals surface area contributed by atoms with Crippen molar-refractivity contribution in [1.29, 1.82) is 0 Å². The lowest BCUT2D eigenvalue weighted by molar-refractivity contribution is -0.126. The lowest BCUT2D eigenvalue weighted by Crippen LogP contribution is -2.42. The third-order valence-corrected chi connectivity index (χ3v) is 3.11. The summed E-state index contributed by atoms with van der Waals surface area (Å²) in [7, 11) is 0. The molecular weight excluding hydrogens is 186 g/mol. The number of carbonyl (C=O) groups is 1. The van der Waals surface area contributed by atoms with Crippen LogP contribution in [-0.2, 0) is 4.79 Å². The molecule has 1 aliphatic rings. The van der Waals surface area contributed by atoms with Crippen LogP contribution in [0.25, 0.3) is 0 Å². The van der Waals surface area contributed by atoms with Crippen LogP contribution in [0.2, 0.25) is 0 Å². The molecule has 0 saturated carbocycles. The first-order chi connectivity index (χ1) is 6.43. The first kappa shape index (κ1) is 14.6. The van der Waals surface area contributed by atoms with E-state index in [2.05, 4.69) is 25.7 Å². The summed E-state index contributed by atoms with van der Waals surface area (Å²) in [5, 5.41) is 0. The molecule has 0 aromatic heterocycles. The van der Waals surface area contributed by atoms with Crippen molar-refractivity contribution < 1.29 is 4.79 Å². The predicted octanol–water partition coefficient (Wildman–Crippen LogP) is 2.97. The van der Waals surface area contributed by atoms with Crippen LogP contribution in [0.4, 0.5) is 0 Å². The maximum Gasteiger partial charge on any atom is 0.152 e. The van der Waals surface area contributed by atoms with Gasteiger partial charge in [-0.25, -0.2) is 0 Å². The Labute approximate surface area is 95.0 Å². The van der Waals surface area contributed by atoms with Crippen LogP contribution in [0.5, 0.6) is 0 Å². The fourth-order valence-electron chi connectivity index (χ4n) is 2.31. The third-order valence-electron chi connectivity index (χ3n) is 3.11. The molecule has 2 nitrogen and oxygen atoms in total. The molecule has 1 saturated heterocycles. The van der Waals surface area contributed by atoms with Gasteiger partial charge in [0.25, 0.3) is 0 Å². The molecule has 0 radical (unpaired) electrons. The molecule has 90 valence electrons. The van der Waals surface area contributed by atoms with Crippen LogP contribution in [0, 0.1) is 11.8 Å². The monoisotopic (exact) mass is 213 g/mol. The lowest BCUT2D eigenvalue weighted by Gasteiger charge is -2.28. The molecule has 0 spiro atoms. The van der Waals surface area contributed by atoms with Gasteiger partial charge in [0.1, 0.15) is 0 Å². The number of nitrogens with zero attached hydrogens (tertiary/aromatic N) is 1. The van der Waals surface area contributed by atoms with Gasteiger partial charge in [-0.05, 0) is 26.2 Å². The van der Waals surface area contributed by atoms with Gasteiger partial charge < -0.3 is 0 Å². The van der Waals surface area contributed by atoms with E-state index in [9.17, 15) is 4.79 Å². The Morgan fingerprint density at radius 3 is 2.20 bits per heavy atom. The SMILES string of the molecule is C.CC1CC(C(=O)C(C)C)N(C(C)C)C1. The highest BCUT2D eigenvalue weighted by atomic mass is 16.1. The maximum absolute atomic E-state index is 12.0. The van der Waals surface area contributed by atoms with E-state index in [1.54, 1.807) is 0 Å². The zero-order valence-corrected chi connectivity index (χ0v) is 10.1. The molecule has 0 amide bonds. The minimum Gasteiger partial charge on any atom is -0.298 e. The number of hydrogen-bond acceptors (Lipinski definition) is 2. The minimum atomic E-state index is 0. The molecule has 0 aromatic carbocycles. The zero-order chi connectivity index (χ0) is 10.9. The summed E-state index contributed by atoms with van der Waals surface area (Å²) in [6, 6.07) is 0.678. The average molecular weight is 213 g/mol. The summed E-state index contributed by atoms with van der Waals surface area (Å²) in [5.41, 5.74) is 0. The van der Waals surface area contributed by atoms with Gasteiger partial charge in [-0.15, -0.1) is 0 Å². The molecule has 1 heterocycles. The van der Waals surface area contributed by atoms with Crippen LogP contribution in [0.3, 0.4) is 0 Å². The Morgan fingerprint density at radius 2 is 1.80 bits per heavy atom. The zero-order valence-electron chi connectivity index (χ0n) is 10.1. The summed E-state index contributed by atoms with van der Waals surface area (Å²) >= 11 is 0. The topological polar surface area (TPSA) is 20.3 Å². The summed E-state index contributed by atoms with van der Waals surface area (Å²) in [4.78, 5) is 14.3. The van der Waals surface area contributed by atoms with E-state index < -0.39 is 0 Å². The van der Waals surface area contributed by atoms with Gasteiger partial charge in [0.15, 0.2) is 5.78 Å². The van der Waals surface area contributed by atoms with E-state index in [-0.39, 0.29) is 19.4 Å². The second kappa shape index (κ2) is 5.64. The maximum atomic E-state index is 12.0. The molecule has 1 fully saturated rings. The quantitative estimate of drug-likeness (QED) is 0.718. The van der Waals surface area contributed by atoms with Crippen molar-refractivity contribution in [3.8, 4) is 0 Å². The molecule has 0 aromatic rings. The molecule has 2 heteroatoms. The second-order valence-electron chi connectivity index (χ2n) is 5.20. The van der Waals surface area contributed by atoms with Gasteiger partial charge >= 0.3 is 0 Å². The lowest BCUT2D eigenvalue weighted by atomic mass is 9.97. The van der Waals surface area contributed by atoms with E-state index in [1.807, 2.05) is 13.8 Å². The minimum absolute atomic E-state index is 0. The fraction of sp³-hybridized carbons (Fsp3) is 0.923. The number of hydrogen-bond donors (Lipinski definition) is 0. The molecule has 0 N–H and O–H groups in total. The molecule has 15 heavy (non-hydrogen) atoms. The van der Waals surface area contributed by atoms with Crippen LogP contribution >= 0.6 is 0 Å². The Kier molecular flexibility index (Phi) is 5.50. The van der Waals surface area contributed by atoms with Crippen molar-refractivity contribution in [2.24, 2.45) is 11.8 Å². The first-order valence-corrected chi connectivity index (χ1v) is 5.73. The second-order valence-corrected chi connectivity index (χ2v) is 5.20. The van der Waals surface area contributed by atoms with Crippen molar-refractivity contribution in [3.63, 3.8) is 0 Å². The van der Waals surface area contributed by atoms with E-state index >= 15 is 0 Å². The highest BCUT2D eigenvalue weighted by Gasteiger charge is 2.36. The van der Waals surface area contributed by atoms with Crippen LogP contribution in [0.1, 0.15) is 48.5 Å². The van der Waals surface area contributed by atoms with E-state index in [0.29, 0.717) is 17.7 Å². The molecule has 0 aliphatic carbocycles. The highest BCUT2D eigenvalue weighted by molar-refractivity contribution is 5.86. The van der Waals surface area contributed by atoms with Crippen molar-refractivity contribution in [2.75, 3.05) is 6.54 Å². The fourth-order valence-corrected chi connectivity index (χ4v) is 2.31. The van der Waals surface area contributed by atoms with Gasteiger partial charge in [-0.3, -0.25) is 9.69 Å². The first-order valence-electron chi connectivity index (χ1n) is 5.73. The van der Waals surface area contributed by atoms with E-state index in [1.165, 1.54) is 0 Å². The molecule has 0 bridgehead atoms. The predicted molar refractivity (Wildman–Crippen MR) is 66.0 cm³/mol. The third kappa shape index (κ3) is 3.30. The van der Waals surface area contributed by atoms with Crippen LogP contribution in [-0.4, -0.2) is 29.3 Å². The van der Waals surface area contributed by atoms with Crippen LogP contribution < -0.4 is 0 Å². The molecule has 1 rings (SSSR count). The summed E-state index contributed by atoms with van der Waals surface area (Å²) < 4.78 is 0. The van der Waals surface area contributed by atoms with Gasteiger partial charge in [0.05, 0.1) is 6.04 Å². The van der Waals surface area contributed by atoms with Crippen molar-refractivity contribution in [2.45, 2.75) is 60.5 Å². The molecule has 1 aliphatic heterocycles. The standard InChI is InChI=1S/C12H23NO.CH4/c1-8(2)12(14)11-6-10(5)7-13(11)9(3)4;/h8-11H,6-7H2,1-5H3;1H4. The number of rotatable bonds is 3. The summed E-state index contributed by atoms with van der Waals surface area (Å²) in [6.45, 7) is 11.7. The van der Waals surface area contributed by atoms with Gasteiger partial charge in [0.2, 0.25) is 0 Å². The van der Waals surface area contributed by atoms with Gasteiger partial charge in [-0.1, -0.05) is 28.2 Å². The number of Topliss-reactive ketones (excluding diaryl/α,β-unsaturated/α-hetero) is 1. The number of ketones is 1. The smallest absolute Gasteiger partial charge is 0.152 e. The number of carbonyl (C=O) groups excluding carboxylic acids is 1. The largest absolute Gasteiger partial charge is 0.298 e. The van der Waals surface area contributed by atoms with E-state index in [4.69, 9.17) is 0 Å². The Balaban J connectivity index is 0.00000196. The Hall–Kier alpha value is -0.370. The Bertz CT molecular complexity index is 211. The normalized spacial score (nSPS) is 27.1. The summed E-state index contributed by atoms with van der Waals surface area (Å²) in [6.07, 6.45) is 1.05. The van der Waals surface area contributed by atoms with Crippen molar-refractivity contribution in [1.82, 2.24) is 4.90 Å². The molecule has 2 unspecified atom stereocenters. The van der Waals surface area contributed by atoms with Crippen molar-refractivity contribution >= 4 is 5.78 Å². The van der Waals surface area contributed by atoms with Gasteiger partial charge in [-0.2, -0.15) is 0 Å². The van der Waals surface area contributed by atoms with Gasteiger partial charge in [0, 0.05) is 18.5 Å². The Morgan fingerprint density at radius 1 is 1.27 bits per heavy atom. The number of likely N-dealkylation sites (tertiary alicyclic amines) is 1. The summed E-state index contributed by atoms with van der Waals surface area (Å²) in [5.74, 6) is 1.26.